The predicted octanol–water partition coefficient (Wildman–Crippen LogP) is 4.31. The molecular weight excluding hydrogens is 463 g/mol. The highest BCUT2D eigenvalue weighted by atomic mass is 35.5. The molecule has 0 saturated heterocycles. The van der Waals surface area contributed by atoms with Crippen LogP contribution in [0.25, 0.3) is 29.7 Å². The Bertz CT molecular complexity index is 1530. The van der Waals surface area contributed by atoms with Crippen molar-refractivity contribution < 1.29 is 13.9 Å². The molecule has 0 aliphatic carbocycles. The van der Waals surface area contributed by atoms with E-state index in [0.29, 0.717) is 38.4 Å². The van der Waals surface area contributed by atoms with E-state index in [2.05, 4.69) is 18.3 Å². The topological polar surface area (TPSA) is 77.2 Å². The molecule has 2 heterocycles. The number of carbonyl (C=O) groups is 1. The zero-order valence-electron chi connectivity index (χ0n) is 17.3. The Morgan fingerprint density at radius 1 is 1.15 bits per heavy atom. The van der Waals surface area contributed by atoms with Crippen molar-refractivity contribution in [3.8, 4) is 17.0 Å². The van der Waals surface area contributed by atoms with Crippen molar-refractivity contribution >= 4 is 41.8 Å². The lowest BCUT2D eigenvalue weighted by Crippen LogP contribution is -2.33. The number of nitrogens with zero attached hydrogens (tertiary/aromatic N) is 1. The van der Waals surface area contributed by atoms with E-state index in [1.54, 1.807) is 60.7 Å². The molecule has 2 aromatic heterocycles. The molecule has 0 unspecified atom stereocenters. The molecule has 0 aliphatic rings. The number of hydrogen-bond acceptors (Lipinski definition) is 4. The number of rotatable bonds is 6. The highest BCUT2D eigenvalue weighted by Crippen LogP contribution is 2.27. The van der Waals surface area contributed by atoms with Gasteiger partial charge in [-0.2, -0.15) is 0 Å². The summed E-state index contributed by atoms with van der Waals surface area (Å²) in [6.45, 7) is 7.52. The van der Waals surface area contributed by atoms with E-state index in [4.69, 9.17) is 32.4 Å². The van der Waals surface area contributed by atoms with Gasteiger partial charge in [-0.15, -0.1) is 0 Å². The van der Waals surface area contributed by atoms with Crippen molar-refractivity contribution in [3.05, 3.63) is 110 Å². The number of nitrogens with one attached hydrogen (secondary N) is 1. The Balaban J connectivity index is 1.69. The van der Waals surface area contributed by atoms with Crippen LogP contribution in [0.4, 0.5) is 0 Å². The molecule has 166 valence electrons. The number of furan rings is 1. The average molecular weight is 481 g/mol. The van der Waals surface area contributed by atoms with Crippen LogP contribution >= 0.6 is 23.2 Å². The predicted molar refractivity (Wildman–Crippen MR) is 129 cm³/mol. The van der Waals surface area contributed by atoms with Crippen molar-refractivity contribution in [2.75, 3.05) is 6.61 Å². The van der Waals surface area contributed by atoms with E-state index in [0.717, 1.165) is 0 Å². The minimum atomic E-state index is -0.560. The van der Waals surface area contributed by atoms with Crippen molar-refractivity contribution in [1.82, 2.24) is 9.78 Å². The standard InChI is InChI=1S/C25H18Cl2N2O4/c1-3-11-32-25(31)21-12-16(7-9-22(21)27)23-10-8-19(33-23)14-20-15(2)28-29(24(20)30)18-6-4-5-17(26)13-18/h3-10,12-14,28H,1-2,11H2/b20-14+. The van der Waals surface area contributed by atoms with Crippen LogP contribution in [-0.4, -0.2) is 22.4 Å². The number of benzene rings is 2. The number of esters is 1. The van der Waals surface area contributed by atoms with Gasteiger partial charge in [0.2, 0.25) is 0 Å². The monoisotopic (exact) mass is 480 g/mol. The van der Waals surface area contributed by atoms with E-state index >= 15 is 0 Å². The Morgan fingerprint density at radius 2 is 1.97 bits per heavy atom. The maximum Gasteiger partial charge on any atom is 0.339 e. The molecule has 4 aromatic rings. The smallest absolute Gasteiger partial charge is 0.339 e. The van der Waals surface area contributed by atoms with Gasteiger partial charge >= 0.3 is 5.97 Å². The third kappa shape index (κ3) is 4.72. The zero-order chi connectivity index (χ0) is 23.5. The molecular formula is C25H18Cl2N2O4. The molecule has 0 amide bonds. The number of hydrogen-bond donors (Lipinski definition) is 1. The van der Waals surface area contributed by atoms with Crippen LogP contribution in [-0.2, 0) is 4.74 Å². The maximum absolute atomic E-state index is 12.9. The highest BCUT2D eigenvalue weighted by Gasteiger charge is 2.15. The molecule has 6 nitrogen and oxygen atoms in total. The number of H-pyrrole nitrogens is 1. The fourth-order valence-corrected chi connectivity index (χ4v) is 3.60. The van der Waals surface area contributed by atoms with Gasteiger partial charge in [-0.3, -0.25) is 9.89 Å². The van der Waals surface area contributed by atoms with Crippen LogP contribution in [0.1, 0.15) is 16.1 Å². The van der Waals surface area contributed by atoms with Gasteiger partial charge in [-0.1, -0.05) is 48.5 Å². The van der Waals surface area contributed by atoms with Crippen molar-refractivity contribution in [1.29, 1.82) is 0 Å². The minimum absolute atomic E-state index is 0.0794. The third-order valence-electron chi connectivity index (χ3n) is 4.79. The molecule has 0 fully saturated rings. The molecule has 1 N–H and O–H groups in total. The number of halogens is 2. The summed E-state index contributed by atoms with van der Waals surface area (Å²) in [4.78, 5) is 25.2. The average Bonchev–Trinajstić information content (AvgIpc) is 3.38. The molecule has 0 atom stereocenters. The van der Waals surface area contributed by atoms with Gasteiger partial charge in [-0.05, 0) is 54.6 Å². The summed E-state index contributed by atoms with van der Waals surface area (Å²) < 4.78 is 12.3. The summed E-state index contributed by atoms with van der Waals surface area (Å²) in [7, 11) is 0. The Hall–Kier alpha value is -3.74. The van der Waals surface area contributed by atoms with E-state index in [1.807, 2.05) is 0 Å². The van der Waals surface area contributed by atoms with Gasteiger partial charge < -0.3 is 9.15 Å². The van der Waals surface area contributed by atoms with Crippen LogP contribution in [0.2, 0.25) is 10.0 Å². The first kappa shape index (κ1) is 22.5. The first-order chi connectivity index (χ1) is 15.9. The van der Waals surface area contributed by atoms with Gasteiger partial charge in [0, 0.05) is 10.6 Å². The Morgan fingerprint density at radius 3 is 2.73 bits per heavy atom. The number of carbonyl (C=O) groups excluding carboxylic acids is 1. The largest absolute Gasteiger partial charge is 0.458 e. The van der Waals surface area contributed by atoms with Crippen LogP contribution in [0.5, 0.6) is 0 Å². The summed E-state index contributed by atoms with van der Waals surface area (Å²) in [6.07, 6.45) is 3.07. The summed E-state index contributed by atoms with van der Waals surface area (Å²) >= 11 is 12.2. The summed E-state index contributed by atoms with van der Waals surface area (Å²) in [5.41, 5.74) is 1.14. The molecule has 0 saturated carbocycles. The van der Waals surface area contributed by atoms with Crippen molar-refractivity contribution in [2.45, 2.75) is 0 Å². The van der Waals surface area contributed by atoms with Crippen LogP contribution in [0.3, 0.4) is 0 Å². The molecule has 0 spiro atoms. The third-order valence-corrected chi connectivity index (χ3v) is 5.35. The fourth-order valence-electron chi connectivity index (χ4n) is 3.22. The van der Waals surface area contributed by atoms with E-state index in [-0.39, 0.29) is 22.8 Å². The lowest BCUT2D eigenvalue weighted by atomic mass is 10.1. The lowest BCUT2D eigenvalue weighted by molar-refractivity contribution is 0.0550. The van der Waals surface area contributed by atoms with Gasteiger partial charge in [0.25, 0.3) is 5.56 Å². The molecule has 0 bridgehead atoms. The molecule has 2 aromatic carbocycles. The van der Waals surface area contributed by atoms with Crippen LogP contribution in [0.15, 0.2) is 76.5 Å². The molecule has 0 radical (unpaired) electrons. The SMILES string of the molecule is C=CCOC(=O)c1cc(-c2ccc(/C=c3\c(=C)[nH]n(-c4cccc(Cl)c4)c3=O)o2)ccc1Cl. The maximum atomic E-state index is 12.9. The number of aromatic nitrogens is 2. The first-order valence-corrected chi connectivity index (χ1v) is 10.6. The molecule has 0 aliphatic heterocycles. The van der Waals surface area contributed by atoms with Gasteiger partial charge in [0.1, 0.15) is 18.1 Å². The van der Waals surface area contributed by atoms with Crippen molar-refractivity contribution in [2.24, 2.45) is 0 Å². The van der Waals surface area contributed by atoms with Gasteiger partial charge in [-0.25, -0.2) is 9.48 Å². The molecule has 8 heteroatoms. The number of ether oxygens (including phenoxy) is 1. The molecule has 4 rings (SSSR count). The second-order valence-electron chi connectivity index (χ2n) is 7.05. The summed E-state index contributed by atoms with van der Waals surface area (Å²) in [5.74, 6) is 0.373. The van der Waals surface area contributed by atoms with Gasteiger partial charge in [0.05, 0.1) is 26.8 Å². The summed E-state index contributed by atoms with van der Waals surface area (Å²) in [5, 5.41) is 4.50. The second-order valence-corrected chi connectivity index (χ2v) is 7.90. The van der Waals surface area contributed by atoms with Crippen molar-refractivity contribution in [3.63, 3.8) is 0 Å². The molecule has 33 heavy (non-hydrogen) atoms. The Labute approximate surface area is 198 Å². The fraction of sp³-hybridized carbons (Fsp3) is 0.0400. The second kappa shape index (κ2) is 9.40. The van der Waals surface area contributed by atoms with Crippen LogP contribution < -0.4 is 16.1 Å². The zero-order valence-corrected chi connectivity index (χ0v) is 18.8. The highest BCUT2D eigenvalue weighted by molar-refractivity contribution is 6.33. The van der Waals surface area contributed by atoms with Gasteiger partial charge in [0.15, 0.2) is 0 Å². The van der Waals surface area contributed by atoms with E-state index < -0.39 is 5.97 Å². The minimum Gasteiger partial charge on any atom is -0.458 e. The van der Waals surface area contributed by atoms with E-state index in [9.17, 15) is 9.59 Å². The number of aromatic amines is 1. The van der Waals surface area contributed by atoms with Crippen LogP contribution in [0, 0.1) is 0 Å². The lowest BCUT2D eigenvalue weighted by Gasteiger charge is -2.06. The summed E-state index contributed by atoms with van der Waals surface area (Å²) in [6, 6.07) is 15.3. The quantitative estimate of drug-likeness (QED) is 0.329. The first-order valence-electron chi connectivity index (χ1n) is 9.83. The van der Waals surface area contributed by atoms with E-state index in [1.165, 1.54) is 10.8 Å². The normalized spacial score (nSPS) is 11.5. The Kier molecular flexibility index (Phi) is 6.40.